The molecule has 1 atom stereocenters. The number of carbonyl (C=O) groups excluding carboxylic acids is 1. The molecule has 0 aliphatic carbocycles. The van der Waals surface area contributed by atoms with E-state index in [1.807, 2.05) is 48.5 Å². The maximum absolute atomic E-state index is 12.9. The molecule has 6 nitrogen and oxygen atoms in total. The molecule has 4 rings (SSSR count). The fourth-order valence-electron chi connectivity index (χ4n) is 3.42. The Morgan fingerprint density at radius 2 is 2.04 bits per heavy atom. The third-order valence-corrected chi connectivity index (χ3v) is 4.84. The van der Waals surface area contributed by atoms with Crippen LogP contribution in [0.4, 0.5) is 11.5 Å². The quantitative estimate of drug-likeness (QED) is 0.682. The lowest BCUT2D eigenvalue weighted by Crippen LogP contribution is -2.32. The van der Waals surface area contributed by atoms with Gasteiger partial charge in [-0.15, -0.1) is 0 Å². The first kappa shape index (κ1) is 18.3. The van der Waals surface area contributed by atoms with Crippen molar-refractivity contribution in [1.82, 2.24) is 10.3 Å². The van der Waals surface area contributed by atoms with E-state index in [0.717, 1.165) is 36.0 Å². The van der Waals surface area contributed by atoms with Crippen LogP contribution in [0.1, 0.15) is 23.2 Å². The van der Waals surface area contributed by atoms with E-state index in [9.17, 15) is 4.79 Å². The molecular formula is C22H23N3O3. The summed E-state index contributed by atoms with van der Waals surface area (Å²) in [7, 11) is 1.62. The summed E-state index contributed by atoms with van der Waals surface area (Å²) in [6.45, 7) is 1.29. The molecular weight excluding hydrogens is 354 g/mol. The van der Waals surface area contributed by atoms with Gasteiger partial charge in [-0.1, -0.05) is 30.3 Å². The van der Waals surface area contributed by atoms with E-state index in [2.05, 4.69) is 15.6 Å². The lowest BCUT2D eigenvalue weighted by Gasteiger charge is -2.14. The summed E-state index contributed by atoms with van der Waals surface area (Å²) in [5.41, 5.74) is 2.13. The zero-order valence-corrected chi connectivity index (χ0v) is 15.8. The summed E-state index contributed by atoms with van der Waals surface area (Å²) in [6, 6.07) is 17.0. The lowest BCUT2D eigenvalue weighted by atomic mass is 10.1. The maximum atomic E-state index is 12.9. The van der Waals surface area contributed by atoms with Crippen LogP contribution in [-0.2, 0) is 4.74 Å². The van der Waals surface area contributed by atoms with Crippen LogP contribution in [0.3, 0.4) is 0 Å². The van der Waals surface area contributed by atoms with Crippen LogP contribution in [-0.4, -0.2) is 37.3 Å². The van der Waals surface area contributed by atoms with Crippen molar-refractivity contribution in [3.8, 4) is 5.75 Å². The summed E-state index contributed by atoms with van der Waals surface area (Å²) in [5.74, 6) is 1.17. The number of amides is 1. The average molecular weight is 377 g/mol. The monoisotopic (exact) mass is 377 g/mol. The molecule has 2 N–H and O–H groups in total. The molecule has 1 aliphatic rings. The minimum Gasteiger partial charge on any atom is -0.495 e. The number of anilines is 2. The summed E-state index contributed by atoms with van der Waals surface area (Å²) in [6.07, 6.45) is 2.13. The highest BCUT2D eigenvalue weighted by atomic mass is 16.5. The summed E-state index contributed by atoms with van der Waals surface area (Å²) >= 11 is 0. The maximum Gasteiger partial charge on any atom is 0.252 e. The molecule has 3 aromatic rings. The van der Waals surface area contributed by atoms with Crippen molar-refractivity contribution in [2.45, 2.75) is 18.9 Å². The first-order valence-electron chi connectivity index (χ1n) is 9.44. The fraction of sp³-hybridized carbons (Fsp3) is 0.273. The molecule has 1 aliphatic heterocycles. The Bertz CT molecular complexity index is 984. The van der Waals surface area contributed by atoms with Crippen LogP contribution in [0.25, 0.3) is 10.9 Å². The van der Waals surface area contributed by atoms with Gasteiger partial charge >= 0.3 is 0 Å². The first-order chi connectivity index (χ1) is 13.7. The number of pyridine rings is 1. The number of aromatic nitrogens is 1. The Morgan fingerprint density at radius 1 is 1.21 bits per heavy atom. The number of carbonyl (C=O) groups is 1. The summed E-state index contributed by atoms with van der Waals surface area (Å²) < 4.78 is 11.0. The standard InChI is InChI=1S/C22H23N3O3/c1-27-20-11-5-4-10-19(20)25-21-13-17(16-8-2-3-9-18(16)24-21)22(26)23-14-15-7-6-12-28-15/h2-5,8-11,13,15H,6-7,12,14H2,1H3,(H,23,26)(H,24,25). The average Bonchev–Trinajstić information content (AvgIpc) is 3.25. The van der Waals surface area contributed by atoms with Crippen molar-refractivity contribution in [2.24, 2.45) is 0 Å². The highest BCUT2D eigenvalue weighted by Gasteiger charge is 2.18. The van der Waals surface area contributed by atoms with Gasteiger partial charge in [-0.3, -0.25) is 4.79 Å². The second-order valence-corrected chi connectivity index (χ2v) is 6.74. The van der Waals surface area contributed by atoms with E-state index in [4.69, 9.17) is 9.47 Å². The molecule has 1 amide bonds. The van der Waals surface area contributed by atoms with Crippen LogP contribution in [0.15, 0.2) is 54.6 Å². The van der Waals surface area contributed by atoms with Gasteiger partial charge in [-0.05, 0) is 37.1 Å². The van der Waals surface area contributed by atoms with E-state index in [0.29, 0.717) is 23.7 Å². The third kappa shape index (κ3) is 3.92. The Morgan fingerprint density at radius 3 is 2.86 bits per heavy atom. The smallest absolute Gasteiger partial charge is 0.252 e. The van der Waals surface area contributed by atoms with E-state index in [1.165, 1.54) is 0 Å². The molecule has 0 spiro atoms. The topological polar surface area (TPSA) is 72.5 Å². The van der Waals surface area contributed by atoms with Crippen LogP contribution in [0.5, 0.6) is 5.75 Å². The minimum atomic E-state index is -0.128. The van der Waals surface area contributed by atoms with Gasteiger partial charge in [0, 0.05) is 18.5 Å². The Labute approximate surface area is 163 Å². The fourth-order valence-corrected chi connectivity index (χ4v) is 3.42. The minimum absolute atomic E-state index is 0.100. The number of methoxy groups -OCH3 is 1. The van der Waals surface area contributed by atoms with Gasteiger partial charge in [0.2, 0.25) is 0 Å². The van der Waals surface area contributed by atoms with Crippen molar-refractivity contribution in [2.75, 3.05) is 25.6 Å². The second-order valence-electron chi connectivity index (χ2n) is 6.74. The molecule has 28 heavy (non-hydrogen) atoms. The molecule has 0 saturated carbocycles. The SMILES string of the molecule is COc1ccccc1Nc1cc(C(=O)NCC2CCCO2)c2ccccc2n1. The van der Waals surface area contributed by atoms with Gasteiger partial charge in [0.25, 0.3) is 5.91 Å². The molecule has 1 saturated heterocycles. The van der Waals surface area contributed by atoms with Crippen LogP contribution in [0.2, 0.25) is 0 Å². The van der Waals surface area contributed by atoms with Gasteiger partial charge in [-0.25, -0.2) is 4.98 Å². The van der Waals surface area contributed by atoms with Crippen molar-refractivity contribution < 1.29 is 14.3 Å². The highest BCUT2D eigenvalue weighted by molar-refractivity contribution is 6.07. The molecule has 0 bridgehead atoms. The number of fused-ring (bicyclic) bond motifs is 1. The van der Waals surface area contributed by atoms with E-state index in [-0.39, 0.29) is 12.0 Å². The number of ether oxygens (including phenoxy) is 2. The number of hydrogen-bond donors (Lipinski definition) is 2. The van der Waals surface area contributed by atoms with Gasteiger partial charge in [-0.2, -0.15) is 0 Å². The predicted molar refractivity (Wildman–Crippen MR) is 109 cm³/mol. The number of nitrogens with zero attached hydrogens (tertiary/aromatic N) is 1. The van der Waals surface area contributed by atoms with Crippen molar-refractivity contribution in [3.05, 3.63) is 60.2 Å². The number of para-hydroxylation sites is 3. The Kier molecular flexibility index (Phi) is 5.39. The Hall–Kier alpha value is -3.12. The summed E-state index contributed by atoms with van der Waals surface area (Å²) in [5, 5.41) is 7.09. The number of nitrogens with one attached hydrogen (secondary N) is 2. The zero-order chi connectivity index (χ0) is 19.3. The molecule has 1 unspecified atom stereocenters. The highest BCUT2D eigenvalue weighted by Crippen LogP contribution is 2.28. The van der Waals surface area contributed by atoms with Crippen molar-refractivity contribution in [3.63, 3.8) is 0 Å². The zero-order valence-electron chi connectivity index (χ0n) is 15.8. The van der Waals surface area contributed by atoms with Gasteiger partial charge < -0.3 is 20.1 Å². The normalized spacial score (nSPS) is 16.1. The molecule has 6 heteroatoms. The van der Waals surface area contributed by atoms with Crippen molar-refractivity contribution in [1.29, 1.82) is 0 Å². The first-order valence-corrected chi connectivity index (χ1v) is 9.44. The van der Waals surface area contributed by atoms with E-state index in [1.54, 1.807) is 13.2 Å². The number of rotatable bonds is 6. The molecule has 0 radical (unpaired) electrons. The van der Waals surface area contributed by atoms with Crippen molar-refractivity contribution >= 4 is 28.3 Å². The lowest BCUT2D eigenvalue weighted by molar-refractivity contribution is 0.0859. The number of benzene rings is 2. The third-order valence-electron chi connectivity index (χ3n) is 4.84. The molecule has 1 fully saturated rings. The molecule has 144 valence electrons. The van der Waals surface area contributed by atoms with Crippen LogP contribution in [0, 0.1) is 0 Å². The Balaban J connectivity index is 1.64. The van der Waals surface area contributed by atoms with Crippen LogP contribution < -0.4 is 15.4 Å². The molecule has 1 aromatic heterocycles. The predicted octanol–water partition coefficient (Wildman–Crippen LogP) is 3.90. The van der Waals surface area contributed by atoms with Gasteiger partial charge in [0.15, 0.2) is 0 Å². The molecule has 2 aromatic carbocycles. The molecule has 2 heterocycles. The van der Waals surface area contributed by atoms with Crippen LogP contribution >= 0.6 is 0 Å². The van der Waals surface area contributed by atoms with E-state index < -0.39 is 0 Å². The van der Waals surface area contributed by atoms with E-state index >= 15 is 0 Å². The van der Waals surface area contributed by atoms with Gasteiger partial charge in [0.1, 0.15) is 11.6 Å². The largest absolute Gasteiger partial charge is 0.495 e. The number of hydrogen-bond acceptors (Lipinski definition) is 5. The second kappa shape index (κ2) is 8.27. The van der Waals surface area contributed by atoms with Gasteiger partial charge in [0.05, 0.1) is 30.0 Å². The summed E-state index contributed by atoms with van der Waals surface area (Å²) in [4.78, 5) is 17.6.